The Morgan fingerprint density at radius 2 is 1.95 bits per heavy atom. The summed E-state index contributed by atoms with van der Waals surface area (Å²) < 4.78 is 5.50. The van der Waals surface area contributed by atoms with E-state index in [4.69, 9.17) is 9.84 Å². The van der Waals surface area contributed by atoms with Crippen LogP contribution < -0.4 is 4.74 Å². The molecule has 0 fully saturated rings. The summed E-state index contributed by atoms with van der Waals surface area (Å²) in [6.45, 7) is 6.31. The summed E-state index contributed by atoms with van der Waals surface area (Å²) in [4.78, 5) is 18.9. The molecular formula is C15H16N2O3. The Labute approximate surface area is 117 Å². The zero-order valence-corrected chi connectivity index (χ0v) is 11.6. The van der Waals surface area contributed by atoms with Gasteiger partial charge < -0.3 is 9.84 Å². The molecule has 0 bridgehead atoms. The standard InChI is InChI=1S/C15H16N2O3/c1-15(2,3)11-4-5-13(17-8-11)20-12-6-10(14(18)19)7-16-9-12/h4-9H,1-3H3,(H,18,19). The maximum absolute atomic E-state index is 10.8. The molecule has 0 unspecified atom stereocenters. The number of carbonyl (C=O) groups is 1. The van der Waals surface area contributed by atoms with Crippen molar-refractivity contribution in [2.45, 2.75) is 26.2 Å². The Bertz CT molecular complexity index is 616. The Kier molecular flexibility index (Phi) is 3.70. The molecule has 0 radical (unpaired) electrons. The number of carboxylic acids is 1. The van der Waals surface area contributed by atoms with Gasteiger partial charge >= 0.3 is 5.97 Å². The summed E-state index contributed by atoms with van der Waals surface area (Å²) in [5.74, 6) is -0.290. The highest BCUT2D eigenvalue weighted by Gasteiger charge is 2.14. The number of ether oxygens (including phenoxy) is 1. The van der Waals surface area contributed by atoms with Crippen molar-refractivity contribution in [3.63, 3.8) is 0 Å². The first kappa shape index (κ1) is 14.0. The van der Waals surface area contributed by atoms with Gasteiger partial charge in [0.2, 0.25) is 5.88 Å². The fourth-order valence-electron chi connectivity index (χ4n) is 1.60. The fraction of sp³-hybridized carbons (Fsp3) is 0.267. The van der Waals surface area contributed by atoms with Gasteiger partial charge in [-0.1, -0.05) is 26.8 Å². The highest BCUT2D eigenvalue weighted by molar-refractivity contribution is 5.87. The average Bonchev–Trinajstić information content (AvgIpc) is 2.38. The second-order valence-electron chi connectivity index (χ2n) is 5.45. The lowest BCUT2D eigenvalue weighted by Crippen LogP contribution is -2.11. The number of pyridine rings is 2. The molecule has 5 nitrogen and oxygen atoms in total. The van der Waals surface area contributed by atoms with Gasteiger partial charge in [-0.05, 0) is 17.0 Å². The van der Waals surface area contributed by atoms with Crippen molar-refractivity contribution in [2.75, 3.05) is 0 Å². The quantitative estimate of drug-likeness (QED) is 0.928. The van der Waals surface area contributed by atoms with Crippen LogP contribution in [-0.2, 0) is 5.41 Å². The molecular weight excluding hydrogens is 256 g/mol. The van der Waals surface area contributed by atoms with Gasteiger partial charge in [0.05, 0.1) is 11.8 Å². The maximum atomic E-state index is 10.8. The van der Waals surface area contributed by atoms with E-state index in [1.165, 1.54) is 18.5 Å². The minimum Gasteiger partial charge on any atom is -0.478 e. The van der Waals surface area contributed by atoms with Gasteiger partial charge in [0.25, 0.3) is 0 Å². The summed E-state index contributed by atoms with van der Waals surface area (Å²) >= 11 is 0. The number of nitrogens with zero attached hydrogens (tertiary/aromatic N) is 2. The van der Waals surface area contributed by atoms with Crippen LogP contribution in [0.15, 0.2) is 36.8 Å². The Balaban J connectivity index is 2.18. The summed E-state index contributed by atoms with van der Waals surface area (Å²) in [5, 5.41) is 8.89. The van der Waals surface area contributed by atoms with E-state index in [0.717, 1.165) is 5.56 Å². The summed E-state index contributed by atoms with van der Waals surface area (Å²) in [5.41, 5.74) is 1.20. The molecule has 0 aliphatic rings. The number of aromatic nitrogens is 2. The van der Waals surface area contributed by atoms with Crippen molar-refractivity contribution in [2.24, 2.45) is 0 Å². The predicted molar refractivity (Wildman–Crippen MR) is 74.2 cm³/mol. The molecule has 2 heterocycles. The number of aromatic carboxylic acids is 1. The Morgan fingerprint density at radius 3 is 2.50 bits per heavy atom. The van der Waals surface area contributed by atoms with Crippen molar-refractivity contribution in [1.82, 2.24) is 9.97 Å². The third kappa shape index (κ3) is 3.32. The monoisotopic (exact) mass is 272 g/mol. The number of rotatable bonds is 3. The molecule has 0 aromatic carbocycles. The first-order chi connectivity index (χ1) is 9.36. The van der Waals surface area contributed by atoms with Crippen molar-refractivity contribution in [3.05, 3.63) is 47.9 Å². The molecule has 20 heavy (non-hydrogen) atoms. The normalized spacial score (nSPS) is 11.2. The lowest BCUT2D eigenvalue weighted by Gasteiger charge is -2.18. The maximum Gasteiger partial charge on any atom is 0.337 e. The number of carboxylic acid groups (broad SMARTS) is 1. The molecule has 0 aliphatic carbocycles. The molecule has 1 N–H and O–H groups in total. The Hall–Kier alpha value is -2.43. The topological polar surface area (TPSA) is 72.3 Å². The molecule has 2 aromatic rings. The van der Waals surface area contributed by atoms with E-state index in [1.807, 2.05) is 6.07 Å². The molecule has 2 rings (SSSR count). The predicted octanol–water partition coefficient (Wildman–Crippen LogP) is 3.26. The van der Waals surface area contributed by atoms with E-state index in [9.17, 15) is 4.79 Å². The number of hydrogen-bond donors (Lipinski definition) is 1. The van der Waals surface area contributed by atoms with E-state index in [0.29, 0.717) is 11.6 Å². The summed E-state index contributed by atoms with van der Waals surface area (Å²) in [7, 11) is 0. The van der Waals surface area contributed by atoms with Crippen LogP contribution in [0.25, 0.3) is 0 Å². The van der Waals surface area contributed by atoms with Crippen LogP contribution in [0.3, 0.4) is 0 Å². The Morgan fingerprint density at radius 1 is 1.20 bits per heavy atom. The van der Waals surface area contributed by atoms with E-state index in [-0.39, 0.29) is 11.0 Å². The van der Waals surface area contributed by atoms with Crippen molar-refractivity contribution in [3.8, 4) is 11.6 Å². The fourth-order valence-corrected chi connectivity index (χ4v) is 1.60. The number of hydrogen-bond acceptors (Lipinski definition) is 4. The second kappa shape index (κ2) is 5.28. The zero-order chi connectivity index (χ0) is 14.8. The van der Waals surface area contributed by atoms with Gasteiger partial charge in [0, 0.05) is 18.5 Å². The molecule has 0 saturated heterocycles. The van der Waals surface area contributed by atoms with Crippen molar-refractivity contribution < 1.29 is 14.6 Å². The highest BCUT2D eigenvalue weighted by atomic mass is 16.5. The third-order valence-corrected chi connectivity index (χ3v) is 2.78. The van der Waals surface area contributed by atoms with Crippen LogP contribution in [0.2, 0.25) is 0 Å². The van der Waals surface area contributed by atoms with Crippen molar-refractivity contribution in [1.29, 1.82) is 0 Å². The molecule has 2 aromatic heterocycles. The second-order valence-corrected chi connectivity index (χ2v) is 5.45. The first-order valence-corrected chi connectivity index (χ1v) is 6.19. The van der Waals surface area contributed by atoms with Crippen LogP contribution in [-0.4, -0.2) is 21.0 Å². The van der Waals surface area contributed by atoms with E-state index < -0.39 is 5.97 Å². The van der Waals surface area contributed by atoms with Gasteiger partial charge in [-0.15, -0.1) is 0 Å². The van der Waals surface area contributed by atoms with Gasteiger partial charge in [0.15, 0.2) is 0 Å². The van der Waals surface area contributed by atoms with Crippen LogP contribution in [0.4, 0.5) is 0 Å². The van der Waals surface area contributed by atoms with E-state index in [2.05, 4.69) is 30.7 Å². The van der Waals surface area contributed by atoms with E-state index >= 15 is 0 Å². The molecule has 0 atom stereocenters. The minimum atomic E-state index is -1.04. The zero-order valence-electron chi connectivity index (χ0n) is 11.6. The summed E-state index contributed by atoms with van der Waals surface area (Å²) in [6, 6.07) is 5.11. The minimum absolute atomic E-state index is 0.0241. The molecule has 0 aliphatic heterocycles. The van der Waals surface area contributed by atoms with Gasteiger partial charge in [-0.3, -0.25) is 4.98 Å². The molecule has 0 spiro atoms. The molecule has 0 amide bonds. The smallest absolute Gasteiger partial charge is 0.337 e. The van der Waals surface area contributed by atoms with Crippen LogP contribution in [0, 0.1) is 0 Å². The SMILES string of the molecule is CC(C)(C)c1ccc(Oc2cncc(C(=O)O)c2)nc1. The highest BCUT2D eigenvalue weighted by Crippen LogP contribution is 2.24. The molecule has 0 saturated carbocycles. The molecule has 104 valence electrons. The van der Waals surface area contributed by atoms with Crippen LogP contribution >= 0.6 is 0 Å². The largest absolute Gasteiger partial charge is 0.478 e. The lowest BCUT2D eigenvalue weighted by atomic mass is 9.88. The average molecular weight is 272 g/mol. The first-order valence-electron chi connectivity index (χ1n) is 6.19. The van der Waals surface area contributed by atoms with E-state index in [1.54, 1.807) is 12.3 Å². The third-order valence-electron chi connectivity index (χ3n) is 2.78. The van der Waals surface area contributed by atoms with Gasteiger partial charge in [-0.25, -0.2) is 9.78 Å². The summed E-state index contributed by atoms with van der Waals surface area (Å²) in [6.07, 6.45) is 4.47. The van der Waals surface area contributed by atoms with Gasteiger partial charge in [0.1, 0.15) is 5.75 Å². The van der Waals surface area contributed by atoms with Crippen LogP contribution in [0.5, 0.6) is 11.6 Å². The molecule has 5 heteroatoms. The van der Waals surface area contributed by atoms with Crippen molar-refractivity contribution >= 4 is 5.97 Å². The van der Waals surface area contributed by atoms with Crippen LogP contribution in [0.1, 0.15) is 36.7 Å². The lowest BCUT2D eigenvalue weighted by molar-refractivity contribution is 0.0696. The van der Waals surface area contributed by atoms with Gasteiger partial charge in [-0.2, -0.15) is 0 Å².